The van der Waals surface area contributed by atoms with Gasteiger partial charge in [-0.05, 0) is 37.6 Å². The average Bonchev–Trinajstić information content (AvgIpc) is 2.66. The molecule has 2 N–H and O–H groups in total. The van der Waals surface area contributed by atoms with Crippen LogP contribution in [0.2, 0.25) is 0 Å². The number of para-hydroxylation sites is 1. The number of methoxy groups -OCH3 is 1. The van der Waals surface area contributed by atoms with Crippen LogP contribution in [-0.2, 0) is 6.54 Å². The summed E-state index contributed by atoms with van der Waals surface area (Å²) in [7, 11) is 1.60. The molecule has 5 heteroatoms. The number of hydrogen-bond acceptors (Lipinski definition) is 3. The number of benzene rings is 2. The Morgan fingerprint density at radius 1 is 1.04 bits per heavy atom. The number of hydrogen-bond donors (Lipinski definition) is 2. The van der Waals surface area contributed by atoms with E-state index in [2.05, 4.69) is 10.6 Å². The Hall–Kier alpha value is -2.82. The van der Waals surface area contributed by atoms with E-state index in [-0.39, 0.29) is 17.9 Å². The van der Waals surface area contributed by atoms with Gasteiger partial charge in [0.2, 0.25) is 0 Å². The molecule has 0 aliphatic rings. The third kappa shape index (κ3) is 5.08. The molecule has 0 saturated heterocycles. The van der Waals surface area contributed by atoms with Crippen LogP contribution >= 0.6 is 0 Å². The van der Waals surface area contributed by atoms with Crippen molar-refractivity contribution in [3.8, 4) is 5.75 Å². The van der Waals surface area contributed by atoms with Crippen LogP contribution in [0.3, 0.4) is 0 Å². The summed E-state index contributed by atoms with van der Waals surface area (Å²) in [6.07, 6.45) is 0.852. The van der Waals surface area contributed by atoms with E-state index in [1.54, 1.807) is 31.4 Å². The lowest BCUT2D eigenvalue weighted by Crippen LogP contribution is -2.32. The lowest BCUT2D eigenvalue weighted by Gasteiger charge is -2.12. The molecule has 1 atom stereocenters. The summed E-state index contributed by atoms with van der Waals surface area (Å²) in [4.78, 5) is 24.6. The molecule has 5 nitrogen and oxygen atoms in total. The first-order valence-electron chi connectivity index (χ1n) is 8.36. The molecule has 0 spiro atoms. The number of nitrogens with one attached hydrogen (secondary N) is 2. The molecule has 1 unspecified atom stereocenters. The maximum Gasteiger partial charge on any atom is 0.251 e. The summed E-state index contributed by atoms with van der Waals surface area (Å²) in [5.41, 5.74) is 1.82. The highest BCUT2D eigenvalue weighted by atomic mass is 16.5. The highest BCUT2D eigenvalue weighted by Gasteiger charge is 2.12. The average molecular weight is 340 g/mol. The van der Waals surface area contributed by atoms with Crippen molar-refractivity contribution in [1.82, 2.24) is 10.6 Å². The number of carbonyl (C=O) groups is 2. The van der Waals surface area contributed by atoms with Gasteiger partial charge in [0, 0.05) is 29.3 Å². The minimum atomic E-state index is -0.232. The van der Waals surface area contributed by atoms with E-state index in [0.29, 0.717) is 17.7 Å². The Balaban J connectivity index is 2.04. The van der Waals surface area contributed by atoms with Crippen LogP contribution in [0.1, 0.15) is 46.5 Å². The molecule has 0 bridgehead atoms. The topological polar surface area (TPSA) is 67.4 Å². The van der Waals surface area contributed by atoms with Crippen LogP contribution in [0.4, 0.5) is 0 Å². The van der Waals surface area contributed by atoms with Gasteiger partial charge in [-0.1, -0.05) is 31.2 Å². The van der Waals surface area contributed by atoms with E-state index in [9.17, 15) is 9.59 Å². The highest BCUT2D eigenvalue weighted by molar-refractivity contribution is 5.99. The van der Waals surface area contributed by atoms with Crippen molar-refractivity contribution in [3.05, 3.63) is 65.2 Å². The number of rotatable bonds is 7. The maximum absolute atomic E-state index is 12.4. The van der Waals surface area contributed by atoms with Crippen LogP contribution in [0.5, 0.6) is 5.75 Å². The minimum absolute atomic E-state index is 0.0931. The predicted octanol–water partition coefficient (Wildman–Crippen LogP) is 3.15. The Bertz CT molecular complexity index is 743. The summed E-state index contributed by atoms with van der Waals surface area (Å²) in [5, 5.41) is 5.76. The molecule has 0 radical (unpaired) electrons. The minimum Gasteiger partial charge on any atom is -0.496 e. The fourth-order valence-corrected chi connectivity index (χ4v) is 2.34. The molecular formula is C20H24N2O3. The van der Waals surface area contributed by atoms with E-state index in [0.717, 1.165) is 17.7 Å². The first-order chi connectivity index (χ1) is 12.0. The Morgan fingerprint density at radius 3 is 2.40 bits per heavy atom. The van der Waals surface area contributed by atoms with Gasteiger partial charge in [0.1, 0.15) is 5.75 Å². The third-order valence-electron chi connectivity index (χ3n) is 4.01. The lowest BCUT2D eigenvalue weighted by molar-refractivity contribution is 0.0939. The molecule has 2 aromatic rings. The second-order valence-electron chi connectivity index (χ2n) is 5.86. The van der Waals surface area contributed by atoms with Gasteiger partial charge in [-0.15, -0.1) is 0 Å². The third-order valence-corrected chi connectivity index (χ3v) is 4.01. The van der Waals surface area contributed by atoms with Crippen molar-refractivity contribution >= 4 is 11.8 Å². The molecule has 0 saturated carbocycles. The fourth-order valence-electron chi connectivity index (χ4n) is 2.34. The van der Waals surface area contributed by atoms with Gasteiger partial charge in [0.15, 0.2) is 0 Å². The van der Waals surface area contributed by atoms with Crippen LogP contribution < -0.4 is 15.4 Å². The maximum atomic E-state index is 12.4. The van der Waals surface area contributed by atoms with Gasteiger partial charge in [-0.2, -0.15) is 0 Å². The largest absolute Gasteiger partial charge is 0.496 e. The quantitative estimate of drug-likeness (QED) is 0.813. The highest BCUT2D eigenvalue weighted by Crippen LogP contribution is 2.17. The second kappa shape index (κ2) is 8.87. The van der Waals surface area contributed by atoms with Crippen LogP contribution in [-0.4, -0.2) is 25.0 Å². The van der Waals surface area contributed by atoms with Gasteiger partial charge in [-0.3, -0.25) is 9.59 Å². The van der Waals surface area contributed by atoms with Crippen molar-refractivity contribution in [2.24, 2.45) is 0 Å². The number of ether oxygens (including phenoxy) is 1. The molecule has 2 aromatic carbocycles. The van der Waals surface area contributed by atoms with E-state index >= 15 is 0 Å². The molecule has 0 aromatic heterocycles. The van der Waals surface area contributed by atoms with Crippen molar-refractivity contribution in [3.63, 3.8) is 0 Å². The summed E-state index contributed by atoms with van der Waals surface area (Å²) < 4.78 is 5.28. The molecule has 2 rings (SSSR count). The van der Waals surface area contributed by atoms with Crippen molar-refractivity contribution in [2.45, 2.75) is 32.9 Å². The molecule has 2 amide bonds. The van der Waals surface area contributed by atoms with Gasteiger partial charge < -0.3 is 15.4 Å². The predicted molar refractivity (Wildman–Crippen MR) is 97.8 cm³/mol. The van der Waals surface area contributed by atoms with Crippen molar-refractivity contribution in [2.75, 3.05) is 7.11 Å². The van der Waals surface area contributed by atoms with E-state index < -0.39 is 0 Å². The first-order valence-corrected chi connectivity index (χ1v) is 8.36. The normalized spacial score (nSPS) is 11.5. The Labute approximate surface area is 148 Å². The van der Waals surface area contributed by atoms with Crippen LogP contribution in [0.25, 0.3) is 0 Å². The van der Waals surface area contributed by atoms with Crippen LogP contribution in [0.15, 0.2) is 48.5 Å². The van der Waals surface area contributed by atoms with E-state index in [4.69, 9.17) is 4.74 Å². The number of amides is 2. The van der Waals surface area contributed by atoms with E-state index in [1.807, 2.05) is 38.1 Å². The summed E-state index contributed by atoms with van der Waals surface area (Å²) in [6, 6.07) is 14.3. The Morgan fingerprint density at radius 2 is 1.72 bits per heavy atom. The summed E-state index contributed by atoms with van der Waals surface area (Å²) >= 11 is 0. The zero-order valence-corrected chi connectivity index (χ0v) is 14.8. The molecule has 0 fully saturated rings. The van der Waals surface area contributed by atoms with E-state index in [1.165, 1.54) is 0 Å². The van der Waals surface area contributed by atoms with Crippen molar-refractivity contribution in [1.29, 1.82) is 0 Å². The molecule has 25 heavy (non-hydrogen) atoms. The molecule has 0 aliphatic heterocycles. The van der Waals surface area contributed by atoms with Crippen molar-refractivity contribution < 1.29 is 14.3 Å². The Kier molecular flexibility index (Phi) is 6.57. The molecule has 0 aliphatic carbocycles. The number of carbonyl (C=O) groups excluding carboxylic acids is 2. The smallest absolute Gasteiger partial charge is 0.251 e. The molecular weight excluding hydrogens is 316 g/mol. The SMILES string of the molecule is CCC(C)NC(=O)c1cccc(C(=O)NCc2ccccc2OC)c1. The zero-order valence-electron chi connectivity index (χ0n) is 14.8. The van der Waals surface area contributed by atoms with Gasteiger partial charge in [0.05, 0.1) is 7.11 Å². The monoisotopic (exact) mass is 340 g/mol. The van der Waals surface area contributed by atoms with Gasteiger partial charge in [-0.25, -0.2) is 0 Å². The first kappa shape index (κ1) is 18.5. The summed E-state index contributed by atoms with van der Waals surface area (Å²) in [5.74, 6) is 0.322. The summed E-state index contributed by atoms with van der Waals surface area (Å²) in [6.45, 7) is 4.31. The molecule has 132 valence electrons. The second-order valence-corrected chi connectivity index (χ2v) is 5.86. The lowest BCUT2D eigenvalue weighted by atomic mass is 10.1. The molecule has 0 heterocycles. The fraction of sp³-hybridized carbons (Fsp3) is 0.300. The van der Waals surface area contributed by atoms with Gasteiger partial charge >= 0.3 is 0 Å². The zero-order chi connectivity index (χ0) is 18.2. The van der Waals surface area contributed by atoms with Crippen LogP contribution in [0, 0.1) is 0 Å². The van der Waals surface area contributed by atoms with Gasteiger partial charge in [0.25, 0.3) is 11.8 Å². The standard InChI is InChI=1S/C20H24N2O3/c1-4-14(2)22-20(24)16-10-7-9-15(12-16)19(23)21-13-17-8-5-6-11-18(17)25-3/h5-12,14H,4,13H2,1-3H3,(H,21,23)(H,22,24).